The normalized spacial score (nSPS) is 16.1. The van der Waals surface area contributed by atoms with Crippen molar-refractivity contribution in [3.8, 4) is 0 Å². The molecule has 0 aliphatic rings. The number of carboxylic acids is 1. The lowest BCUT2D eigenvalue weighted by Gasteiger charge is -2.23. The van der Waals surface area contributed by atoms with Crippen LogP contribution in [-0.2, 0) is 14.3 Å². The van der Waals surface area contributed by atoms with E-state index in [1.807, 2.05) is 5.32 Å². The Morgan fingerprint density at radius 2 is 1.95 bits per heavy atom. The third-order valence-electron chi connectivity index (χ3n) is 1.99. The molecule has 0 aromatic heterocycles. The molecule has 0 aliphatic heterocycles. The molecule has 124 valence electrons. The summed E-state index contributed by atoms with van der Waals surface area (Å²) in [6, 6.07) is -1.42. The van der Waals surface area contributed by atoms with Gasteiger partial charge >= 0.3 is 12.1 Å². The highest BCUT2D eigenvalue weighted by Crippen LogP contribution is 2.32. The Morgan fingerprint density at radius 1 is 1.38 bits per heavy atom. The van der Waals surface area contributed by atoms with E-state index >= 15 is 0 Å². The predicted octanol–water partition coefficient (Wildman–Crippen LogP) is 0.418. The zero-order valence-corrected chi connectivity index (χ0v) is 11.2. The van der Waals surface area contributed by atoms with Gasteiger partial charge in [-0.2, -0.15) is 13.2 Å². The molecule has 0 saturated carbocycles. The van der Waals surface area contributed by atoms with Crippen LogP contribution in [0, 0.1) is 0 Å². The van der Waals surface area contributed by atoms with Crippen molar-refractivity contribution < 1.29 is 41.4 Å². The molecule has 1 amide bonds. The fourth-order valence-corrected chi connectivity index (χ4v) is 1.99. The van der Waals surface area contributed by atoms with Gasteiger partial charge in [0.2, 0.25) is 5.91 Å². The first-order valence-electron chi connectivity index (χ1n) is 5.34. The van der Waals surface area contributed by atoms with Crippen LogP contribution in [0.3, 0.4) is 0 Å². The van der Waals surface area contributed by atoms with Gasteiger partial charge in [-0.3, -0.25) is 9.59 Å². The van der Waals surface area contributed by atoms with Crippen LogP contribution in [0.5, 0.6) is 0 Å². The number of carbonyl (C=O) groups is 2. The third kappa shape index (κ3) is 8.02. The van der Waals surface area contributed by atoms with Gasteiger partial charge in [-0.1, -0.05) is 0 Å². The summed E-state index contributed by atoms with van der Waals surface area (Å²) in [5, 5.41) is 10.2. The van der Waals surface area contributed by atoms with Gasteiger partial charge in [-0.15, -0.1) is 11.8 Å². The van der Waals surface area contributed by atoms with E-state index in [-0.39, 0.29) is 11.8 Å². The van der Waals surface area contributed by atoms with E-state index in [1.165, 1.54) is 0 Å². The van der Waals surface area contributed by atoms with Crippen molar-refractivity contribution in [3.05, 3.63) is 0 Å². The van der Waals surface area contributed by atoms with Crippen LogP contribution in [0.4, 0.5) is 22.0 Å². The number of carboxylic acid groups (broad SMARTS) is 1. The Bertz CT molecular complexity index is 358. The Hall–Kier alpha value is -1.14. The Balaban J connectivity index is 4.34. The van der Waals surface area contributed by atoms with E-state index in [0.717, 1.165) is 0 Å². The number of rotatable bonds is 9. The van der Waals surface area contributed by atoms with E-state index in [9.17, 15) is 31.5 Å². The average molecular weight is 340 g/mol. The molecule has 0 saturated heterocycles. The highest BCUT2D eigenvalue weighted by atomic mass is 32.2. The molecule has 0 spiro atoms. The summed E-state index contributed by atoms with van der Waals surface area (Å²) in [6.07, 6.45) is -8.10. The van der Waals surface area contributed by atoms with Crippen LogP contribution >= 0.6 is 11.8 Å². The maximum Gasteiger partial charge on any atom is 0.418 e. The van der Waals surface area contributed by atoms with Gasteiger partial charge in [-0.25, -0.2) is 8.78 Å². The highest BCUT2D eigenvalue weighted by Gasteiger charge is 2.47. The van der Waals surface area contributed by atoms with E-state index in [0.29, 0.717) is 0 Å². The number of nitrogens with two attached hydrogens (primary N) is 1. The second kappa shape index (κ2) is 9.00. The molecule has 0 aromatic carbocycles. The minimum atomic E-state index is -5.12. The zero-order valence-electron chi connectivity index (χ0n) is 10.4. The summed E-state index contributed by atoms with van der Waals surface area (Å²) in [7, 11) is 0. The molecule has 3 atom stereocenters. The van der Waals surface area contributed by atoms with Crippen molar-refractivity contribution in [2.75, 3.05) is 19.2 Å². The van der Waals surface area contributed by atoms with Crippen molar-refractivity contribution in [3.63, 3.8) is 0 Å². The number of nitrogens with one attached hydrogen (secondary N) is 1. The maximum absolute atomic E-state index is 13.4. The average Bonchev–Trinajstić information content (AvgIpc) is 2.37. The van der Waals surface area contributed by atoms with E-state index in [2.05, 4.69) is 4.74 Å². The molecule has 6 nitrogen and oxygen atoms in total. The van der Waals surface area contributed by atoms with Crippen LogP contribution in [0.15, 0.2) is 0 Å². The first kappa shape index (κ1) is 19.9. The number of halogens is 5. The Labute approximate surface area is 120 Å². The van der Waals surface area contributed by atoms with Crippen LogP contribution in [0.25, 0.3) is 0 Å². The molecule has 0 radical (unpaired) electrons. The van der Waals surface area contributed by atoms with E-state index in [4.69, 9.17) is 10.8 Å². The van der Waals surface area contributed by atoms with Crippen molar-refractivity contribution in [1.82, 2.24) is 5.32 Å². The van der Waals surface area contributed by atoms with Crippen LogP contribution in [0.2, 0.25) is 0 Å². The van der Waals surface area contributed by atoms with Crippen LogP contribution in [-0.4, -0.2) is 60.0 Å². The number of aliphatic carboxylic acids is 1. The minimum Gasteiger partial charge on any atom is -0.480 e. The van der Waals surface area contributed by atoms with Crippen molar-refractivity contribution in [2.24, 2.45) is 5.73 Å². The number of carbonyl (C=O) groups excluding carboxylic acids is 1. The number of hydrogen-bond acceptors (Lipinski definition) is 5. The minimum absolute atomic E-state index is 0.0104. The number of thioether (sulfide) groups is 1. The molecule has 0 rings (SSSR count). The van der Waals surface area contributed by atoms with E-state index < -0.39 is 54.9 Å². The molecule has 4 N–H and O–H groups in total. The van der Waals surface area contributed by atoms with Crippen molar-refractivity contribution in [1.29, 1.82) is 0 Å². The van der Waals surface area contributed by atoms with Gasteiger partial charge in [0.25, 0.3) is 0 Å². The fourth-order valence-electron chi connectivity index (χ4n) is 1.04. The molecular weight excluding hydrogens is 327 g/mol. The second-order valence-electron chi connectivity index (χ2n) is 3.64. The summed E-state index contributed by atoms with van der Waals surface area (Å²) >= 11 is 0.0104. The first-order valence-corrected chi connectivity index (χ1v) is 6.39. The van der Waals surface area contributed by atoms with Crippen molar-refractivity contribution in [2.45, 2.75) is 23.8 Å². The van der Waals surface area contributed by atoms with Gasteiger partial charge in [0.15, 0.2) is 18.5 Å². The zero-order chi connectivity index (χ0) is 16.6. The quantitative estimate of drug-likeness (QED) is 0.526. The molecule has 21 heavy (non-hydrogen) atoms. The predicted molar refractivity (Wildman–Crippen MR) is 62.9 cm³/mol. The molecule has 0 aromatic rings. The number of alkyl halides is 5. The molecule has 0 bridgehead atoms. The monoisotopic (exact) mass is 340 g/mol. The molecule has 3 unspecified atom stereocenters. The summed E-state index contributed by atoms with van der Waals surface area (Å²) < 4.78 is 65.8. The molecular formula is C9H13F5N2O4S. The van der Waals surface area contributed by atoms with Gasteiger partial charge in [0.1, 0.15) is 6.54 Å². The largest absolute Gasteiger partial charge is 0.480 e. The van der Waals surface area contributed by atoms with Gasteiger partial charge < -0.3 is 20.9 Å². The standard InChI is InChI=1S/C9H13F5N2O4S/c10-3-20-6(9(12,13)14)7(11)21-2-4(15)8(19)16-1-5(17)18/h4,6-7H,1-3,15H2,(H,16,19)(H,17,18). The molecule has 12 heteroatoms. The lowest BCUT2D eigenvalue weighted by atomic mass is 10.3. The van der Waals surface area contributed by atoms with Crippen LogP contribution in [0.1, 0.15) is 0 Å². The van der Waals surface area contributed by atoms with Gasteiger partial charge in [0.05, 0.1) is 6.04 Å². The second-order valence-corrected chi connectivity index (χ2v) is 4.76. The summed E-state index contributed by atoms with van der Waals surface area (Å²) in [4.78, 5) is 21.4. The topological polar surface area (TPSA) is 102 Å². The SMILES string of the molecule is NC(CSC(F)C(OCF)C(F)(F)F)C(=O)NCC(=O)O. The number of hydrogen-bond donors (Lipinski definition) is 3. The summed E-state index contributed by atoms with van der Waals surface area (Å²) in [5.41, 5.74) is 2.56. The highest BCUT2D eigenvalue weighted by molar-refractivity contribution is 7.99. The summed E-state index contributed by atoms with van der Waals surface area (Å²) in [5.74, 6) is -2.89. The van der Waals surface area contributed by atoms with Crippen LogP contribution < -0.4 is 11.1 Å². The summed E-state index contributed by atoms with van der Waals surface area (Å²) in [6.45, 7) is -2.55. The van der Waals surface area contributed by atoms with Gasteiger partial charge in [-0.05, 0) is 0 Å². The Morgan fingerprint density at radius 3 is 2.38 bits per heavy atom. The molecule has 0 heterocycles. The van der Waals surface area contributed by atoms with Crippen molar-refractivity contribution >= 4 is 23.6 Å². The molecule has 0 fully saturated rings. The maximum atomic E-state index is 13.4. The van der Waals surface area contributed by atoms with E-state index in [1.54, 1.807) is 0 Å². The number of amides is 1. The lowest BCUT2D eigenvalue weighted by Crippen LogP contribution is -2.45. The smallest absolute Gasteiger partial charge is 0.418 e. The fraction of sp³-hybridized carbons (Fsp3) is 0.778. The first-order chi connectivity index (χ1) is 9.59. The Kier molecular flexibility index (Phi) is 8.51. The molecule has 0 aliphatic carbocycles. The van der Waals surface area contributed by atoms with Gasteiger partial charge in [0, 0.05) is 5.75 Å². The lowest BCUT2D eigenvalue weighted by molar-refractivity contribution is -0.237. The third-order valence-corrected chi connectivity index (χ3v) is 3.11. The number of ether oxygens (including phenoxy) is 1.